The van der Waals surface area contributed by atoms with Crippen LogP contribution in [0.5, 0.6) is 0 Å². The van der Waals surface area contributed by atoms with E-state index < -0.39 is 23.0 Å². The van der Waals surface area contributed by atoms with E-state index >= 15 is 0 Å². The maximum Gasteiger partial charge on any atom is 0.427 e. The van der Waals surface area contributed by atoms with E-state index in [0.29, 0.717) is 0 Å². The summed E-state index contributed by atoms with van der Waals surface area (Å²) in [6.07, 6.45) is 0. The summed E-state index contributed by atoms with van der Waals surface area (Å²) in [5.41, 5.74) is 0. The second-order valence-electron chi connectivity index (χ2n) is 1.95. The Morgan fingerprint density at radius 3 is 2.27 bits per heavy atom. The Morgan fingerprint density at radius 1 is 1.20 bits per heavy atom. The zero-order chi connectivity index (χ0) is 11.0. The van der Waals surface area contributed by atoms with Crippen LogP contribution in [0.3, 0.4) is 0 Å². The topological polar surface area (TPSA) is 123 Å². The summed E-state index contributed by atoms with van der Waals surface area (Å²) in [5.74, 6) is -0.795. The Balaban J connectivity index is 0. The van der Waals surface area contributed by atoms with Gasteiger partial charge < -0.3 is 10.9 Å². The first-order valence-electron chi connectivity index (χ1n) is 3.88. The largest absolute Gasteiger partial charge is 0.464 e. The van der Waals surface area contributed by atoms with Crippen molar-refractivity contribution in [1.29, 1.82) is 0 Å². The number of esters is 1. The van der Waals surface area contributed by atoms with Crippen molar-refractivity contribution in [2.24, 2.45) is 0 Å². The van der Waals surface area contributed by atoms with E-state index in [9.17, 15) is 13.2 Å². The third-order valence-electron chi connectivity index (χ3n) is 0.876. The summed E-state index contributed by atoms with van der Waals surface area (Å²) in [4.78, 5) is 14.8. The molecule has 0 heterocycles. The minimum absolute atomic E-state index is 0. The van der Waals surface area contributed by atoms with Gasteiger partial charge in [0.2, 0.25) is 0 Å². The molecule has 0 bridgehead atoms. The normalized spacial score (nSPS) is 10.5. The molecule has 0 aromatic carbocycles. The molecule has 0 aliphatic carbocycles. The quantitative estimate of drug-likeness (QED) is 0.376. The molecule has 0 rings (SSSR count). The predicted molar refractivity (Wildman–Crippen MR) is 49.2 cm³/mol. The molecule has 0 aromatic rings. The zero-order valence-electron chi connectivity index (χ0n) is 8.59. The van der Waals surface area contributed by atoms with Gasteiger partial charge in [0.05, 0.1) is 13.2 Å². The first-order valence-corrected chi connectivity index (χ1v) is 5.21. The number of carbonyl (C=O) groups is 1. The molecule has 0 atom stereocenters. The van der Waals surface area contributed by atoms with Crippen LogP contribution in [0.4, 0.5) is 0 Å². The Labute approximate surface area is 88.3 Å². The van der Waals surface area contributed by atoms with Crippen molar-refractivity contribution >= 4 is 16.4 Å². The van der Waals surface area contributed by atoms with Gasteiger partial charge in [0.25, 0.3) is 0 Å². The highest BCUT2D eigenvalue weighted by molar-refractivity contribution is 7.81. The Kier molecular flexibility index (Phi) is 9.52. The number of carbonyl (C=O) groups excluding carboxylic acids is 1. The molecular weight excluding hydrogens is 230 g/mol. The van der Waals surface area contributed by atoms with Gasteiger partial charge in [-0.3, -0.25) is 0 Å². The second kappa shape index (κ2) is 8.56. The molecule has 0 unspecified atom stereocenters. The average molecular weight is 245 g/mol. The van der Waals surface area contributed by atoms with E-state index in [4.69, 9.17) is 0 Å². The molecule has 9 heteroatoms. The fraction of sp³-hybridized carbons (Fsp3) is 0.833. The fourth-order valence-corrected chi connectivity index (χ4v) is 0.944. The Hall–Kier alpha value is -0.740. The molecule has 0 saturated heterocycles. The summed E-state index contributed by atoms with van der Waals surface area (Å²) in [5, 5.41) is 0. The lowest BCUT2D eigenvalue weighted by Gasteiger charge is -2.03. The van der Waals surface area contributed by atoms with E-state index in [2.05, 4.69) is 18.1 Å². The second-order valence-corrected chi connectivity index (χ2v) is 3.14. The van der Waals surface area contributed by atoms with Crippen molar-refractivity contribution in [3.8, 4) is 0 Å². The lowest BCUT2D eigenvalue weighted by molar-refractivity contribution is -0.205. The molecule has 15 heavy (non-hydrogen) atoms. The molecule has 92 valence electrons. The lowest BCUT2D eigenvalue weighted by Crippen LogP contribution is -2.18. The first-order chi connectivity index (χ1) is 6.52. The van der Waals surface area contributed by atoms with Gasteiger partial charge in [0.1, 0.15) is 0 Å². The van der Waals surface area contributed by atoms with Crippen molar-refractivity contribution in [2.45, 2.75) is 13.8 Å². The van der Waals surface area contributed by atoms with Crippen LogP contribution >= 0.6 is 0 Å². The number of hydrogen-bond donors (Lipinski definition) is 1. The molecule has 0 spiro atoms. The van der Waals surface area contributed by atoms with Gasteiger partial charge >= 0.3 is 16.4 Å². The van der Waals surface area contributed by atoms with Gasteiger partial charge in [-0.05, 0) is 13.8 Å². The van der Waals surface area contributed by atoms with E-state index in [1.807, 2.05) is 0 Å². The van der Waals surface area contributed by atoms with Crippen LogP contribution in [-0.4, -0.2) is 34.2 Å². The maximum atomic E-state index is 10.7. The number of ether oxygens (including phenoxy) is 1. The molecule has 8 nitrogen and oxygen atoms in total. The molecular formula is C6H15NO7S. The van der Waals surface area contributed by atoms with Crippen LogP contribution in [0.15, 0.2) is 0 Å². The van der Waals surface area contributed by atoms with Gasteiger partial charge in [0, 0.05) is 0 Å². The van der Waals surface area contributed by atoms with Crippen LogP contribution in [0.2, 0.25) is 0 Å². The highest BCUT2D eigenvalue weighted by Gasteiger charge is 2.16. The van der Waals surface area contributed by atoms with Gasteiger partial charge in [-0.2, -0.15) is 8.42 Å². The Morgan fingerprint density at radius 2 is 1.80 bits per heavy atom. The van der Waals surface area contributed by atoms with E-state index in [0.717, 1.165) is 0 Å². The molecule has 0 radical (unpaired) electrons. The highest BCUT2D eigenvalue weighted by Crippen LogP contribution is 1.97. The van der Waals surface area contributed by atoms with Gasteiger partial charge in [-0.25, -0.2) is 13.9 Å². The van der Waals surface area contributed by atoms with E-state index in [1.54, 1.807) is 6.92 Å². The van der Waals surface area contributed by atoms with Crippen molar-refractivity contribution < 1.29 is 31.4 Å². The first kappa shape index (κ1) is 16.7. The van der Waals surface area contributed by atoms with Crippen molar-refractivity contribution in [3.05, 3.63) is 0 Å². The van der Waals surface area contributed by atoms with Crippen molar-refractivity contribution in [2.75, 3.05) is 19.8 Å². The highest BCUT2D eigenvalue weighted by atomic mass is 32.3. The van der Waals surface area contributed by atoms with Gasteiger partial charge in [0.15, 0.2) is 6.61 Å². The minimum atomic E-state index is -4.28. The molecule has 0 aliphatic heterocycles. The van der Waals surface area contributed by atoms with Crippen molar-refractivity contribution in [1.82, 2.24) is 6.15 Å². The molecule has 0 fully saturated rings. The van der Waals surface area contributed by atoms with E-state index in [-0.39, 0.29) is 19.4 Å². The van der Waals surface area contributed by atoms with Crippen molar-refractivity contribution in [3.63, 3.8) is 0 Å². The van der Waals surface area contributed by atoms with Crippen LogP contribution in [0.25, 0.3) is 0 Å². The predicted octanol–water partition coefficient (Wildman–Crippen LogP) is -0.0590. The Bertz CT molecular complexity index is 263. The summed E-state index contributed by atoms with van der Waals surface area (Å²) in [7, 11) is -4.28. The monoisotopic (exact) mass is 245 g/mol. The molecule has 0 aliphatic rings. The number of rotatable bonds is 7. The van der Waals surface area contributed by atoms with Crippen LogP contribution in [-0.2, 0) is 33.3 Å². The van der Waals surface area contributed by atoms with Crippen LogP contribution < -0.4 is 6.15 Å². The fourth-order valence-electron chi connectivity index (χ4n) is 0.450. The molecule has 0 aromatic heterocycles. The third-order valence-corrected chi connectivity index (χ3v) is 1.55. The van der Waals surface area contributed by atoms with Crippen LogP contribution in [0.1, 0.15) is 13.8 Å². The summed E-state index contributed by atoms with van der Waals surface area (Å²) >= 11 is 0. The maximum absolute atomic E-state index is 10.7. The van der Waals surface area contributed by atoms with Crippen LogP contribution in [0, 0.1) is 0 Å². The summed E-state index contributed by atoms with van der Waals surface area (Å²) in [6, 6.07) is 0. The molecule has 0 saturated carbocycles. The average Bonchev–Trinajstić information content (AvgIpc) is 2.13. The van der Waals surface area contributed by atoms with Gasteiger partial charge in [-0.15, -0.1) is 0 Å². The molecule has 3 N–H and O–H groups in total. The molecule has 0 amide bonds. The summed E-state index contributed by atoms with van der Waals surface area (Å²) < 4.78 is 33.8. The lowest BCUT2D eigenvalue weighted by atomic mass is 10.7. The van der Waals surface area contributed by atoms with E-state index in [1.165, 1.54) is 6.92 Å². The third kappa shape index (κ3) is 9.56. The SMILES string of the molecule is CCOOS(=O)(=O)OCC(=O)OCC.N. The smallest absolute Gasteiger partial charge is 0.427 e. The zero-order valence-corrected chi connectivity index (χ0v) is 9.41. The summed E-state index contributed by atoms with van der Waals surface area (Å²) in [6.45, 7) is 2.57. The minimum Gasteiger partial charge on any atom is -0.464 e. The standard InChI is InChI=1S/C6H12O7S.H3N/c1-3-10-6(7)5-12-14(8,9)13-11-4-2;/h3-5H2,1-2H3;1H3. The van der Waals surface area contributed by atoms with Gasteiger partial charge in [-0.1, -0.05) is 4.33 Å². The number of hydrogen-bond acceptors (Lipinski definition) is 8.